The molecule has 0 bridgehead atoms. The molecule has 5 heteroatoms. The Bertz CT molecular complexity index is 1220. The fraction of sp³-hybridized carbons (Fsp3) is 0.192. The van der Waals surface area contributed by atoms with Gasteiger partial charge in [0.05, 0.1) is 31.8 Å². The number of nitrogens with zero attached hydrogens (tertiary/aromatic N) is 1. The highest BCUT2D eigenvalue weighted by atomic mass is 35.5. The second-order valence-electron chi connectivity index (χ2n) is 7.47. The summed E-state index contributed by atoms with van der Waals surface area (Å²) in [6.45, 7) is 2.71. The number of benzene rings is 3. The highest BCUT2D eigenvalue weighted by molar-refractivity contribution is 6.31. The lowest BCUT2D eigenvalue weighted by molar-refractivity contribution is 0.391. The van der Waals surface area contributed by atoms with E-state index in [-0.39, 0.29) is 0 Å². The van der Waals surface area contributed by atoms with Gasteiger partial charge >= 0.3 is 0 Å². The van der Waals surface area contributed by atoms with Crippen LogP contribution in [0.1, 0.15) is 22.4 Å². The predicted octanol–water partition coefficient (Wildman–Crippen LogP) is 6.42. The topological polar surface area (TPSA) is 43.4 Å². The molecule has 4 rings (SSSR count). The summed E-state index contributed by atoms with van der Waals surface area (Å²) in [6.07, 6.45) is 2.59. The van der Waals surface area contributed by atoms with Gasteiger partial charge in [0.25, 0.3) is 0 Å². The number of hydrogen-bond acceptors (Lipinski definition) is 4. The van der Waals surface area contributed by atoms with Gasteiger partial charge in [0.15, 0.2) is 0 Å². The number of nitrogens with one attached hydrogen (secondary N) is 1. The molecule has 0 atom stereocenters. The third kappa shape index (κ3) is 4.59. The lowest BCUT2D eigenvalue weighted by Crippen LogP contribution is -2.04. The maximum Gasteiger partial charge on any atom is 0.127 e. The van der Waals surface area contributed by atoms with Gasteiger partial charge in [-0.05, 0) is 36.8 Å². The minimum atomic E-state index is 0.613. The van der Waals surface area contributed by atoms with E-state index in [0.717, 1.165) is 49.8 Å². The van der Waals surface area contributed by atoms with Gasteiger partial charge in [-0.15, -0.1) is 0 Å². The van der Waals surface area contributed by atoms with Gasteiger partial charge in [-0.25, -0.2) is 0 Å². The molecule has 0 saturated heterocycles. The summed E-state index contributed by atoms with van der Waals surface area (Å²) >= 11 is 6.39. The molecule has 158 valence electrons. The number of aromatic nitrogens is 1. The number of anilines is 1. The minimum absolute atomic E-state index is 0.613. The van der Waals surface area contributed by atoms with Crippen LogP contribution in [0.4, 0.5) is 5.69 Å². The highest BCUT2D eigenvalue weighted by Crippen LogP contribution is 2.30. The van der Waals surface area contributed by atoms with Crippen LogP contribution in [0, 0.1) is 6.92 Å². The first-order valence-electron chi connectivity index (χ1n) is 10.2. The zero-order valence-corrected chi connectivity index (χ0v) is 18.7. The number of fused-ring (bicyclic) bond motifs is 1. The average Bonchev–Trinajstić information content (AvgIpc) is 2.79. The number of aryl methyl sites for hydroxylation is 1. The van der Waals surface area contributed by atoms with E-state index in [9.17, 15) is 0 Å². The molecule has 0 aliphatic heterocycles. The van der Waals surface area contributed by atoms with Gasteiger partial charge < -0.3 is 14.8 Å². The van der Waals surface area contributed by atoms with Crippen molar-refractivity contribution in [1.29, 1.82) is 0 Å². The summed E-state index contributed by atoms with van der Waals surface area (Å²) in [5.41, 5.74) is 5.31. The van der Waals surface area contributed by atoms with Crippen molar-refractivity contribution in [3.05, 3.63) is 94.3 Å². The van der Waals surface area contributed by atoms with Crippen LogP contribution in [0.15, 0.2) is 66.9 Å². The molecule has 1 aromatic heterocycles. The molecule has 0 radical (unpaired) electrons. The molecule has 4 nitrogen and oxygen atoms in total. The van der Waals surface area contributed by atoms with Crippen molar-refractivity contribution in [2.45, 2.75) is 19.9 Å². The van der Waals surface area contributed by atoms with Crippen molar-refractivity contribution in [3.63, 3.8) is 0 Å². The predicted molar refractivity (Wildman–Crippen MR) is 128 cm³/mol. The van der Waals surface area contributed by atoms with Gasteiger partial charge in [-0.2, -0.15) is 0 Å². The maximum atomic E-state index is 6.39. The summed E-state index contributed by atoms with van der Waals surface area (Å²) in [5.74, 6) is 1.56. The second kappa shape index (κ2) is 9.27. The first-order chi connectivity index (χ1) is 15.1. The number of pyridine rings is 1. The summed E-state index contributed by atoms with van der Waals surface area (Å²) in [4.78, 5) is 4.78. The Morgan fingerprint density at radius 3 is 2.52 bits per heavy atom. The van der Waals surface area contributed by atoms with Gasteiger partial charge in [0.1, 0.15) is 11.5 Å². The molecule has 31 heavy (non-hydrogen) atoms. The van der Waals surface area contributed by atoms with E-state index in [4.69, 9.17) is 26.1 Å². The summed E-state index contributed by atoms with van der Waals surface area (Å²) in [5, 5.41) is 6.56. The van der Waals surface area contributed by atoms with Crippen molar-refractivity contribution in [3.8, 4) is 11.5 Å². The number of halogens is 1. The number of hydrogen-bond donors (Lipinski definition) is 1. The van der Waals surface area contributed by atoms with Crippen molar-refractivity contribution >= 4 is 28.1 Å². The molecule has 0 fully saturated rings. The molecule has 0 amide bonds. The molecule has 1 N–H and O–H groups in total. The van der Waals surface area contributed by atoms with Gasteiger partial charge in [0.2, 0.25) is 0 Å². The highest BCUT2D eigenvalue weighted by Gasteiger charge is 2.12. The zero-order chi connectivity index (χ0) is 21.8. The SMILES string of the molecule is COc1ccc(CNc2cnc(Cc3ccccc3Cl)c3ccc(C)cc23)c(OC)c1. The quantitative estimate of drug-likeness (QED) is 0.366. The lowest BCUT2D eigenvalue weighted by atomic mass is 10.0. The van der Waals surface area contributed by atoms with E-state index in [1.54, 1.807) is 14.2 Å². The molecular weight excluding hydrogens is 408 g/mol. The van der Waals surface area contributed by atoms with Gasteiger partial charge in [-0.3, -0.25) is 4.98 Å². The van der Waals surface area contributed by atoms with E-state index in [1.807, 2.05) is 48.7 Å². The van der Waals surface area contributed by atoms with E-state index < -0.39 is 0 Å². The fourth-order valence-corrected chi connectivity index (χ4v) is 3.91. The number of methoxy groups -OCH3 is 2. The molecule has 4 aromatic rings. The van der Waals surface area contributed by atoms with E-state index in [1.165, 1.54) is 5.56 Å². The Labute approximate surface area is 187 Å². The molecule has 0 spiro atoms. The molecule has 3 aromatic carbocycles. The maximum absolute atomic E-state index is 6.39. The molecule has 0 unspecified atom stereocenters. The number of ether oxygens (including phenoxy) is 2. The van der Waals surface area contributed by atoms with Crippen LogP contribution in [-0.2, 0) is 13.0 Å². The normalized spacial score (nSPS) is 10.8. The minimum Gasteiger partial charge on any atom is -0.497 e. The molecule has 1 heterocycles. The summed E-state index contributed by atoms with van der Waals surface area (Å²) in [7, 11) is 3.32. The zero-order valence-electron chi connectivity index (χ0n) is 17.9. The first kappa shape index (κ1) is 21.0. The van der Waals surface area contributed by atoms with Crippen LogP contribution in [0.2, 0.25) is 5.02 Å². The Balaban J connectivity index is 1.66. The van der Waals surface area contributed by atoms with E-state index >= 15 is 0 Å². The first-order valence-corrected chi connectivity index (χ1v) is 10.5. The Morgan fingerprint density at radius 2 is 1.74 bits per heavy atom. The van der Waals surface area contributed by atoms with E-state index in [0.29, 0.717) is 13.0 Å². The van der Waals surface area contributed by atoms with E-state index in [2.05, 4.69) is 30.4 Å². The van der Waals surface area contributed by atoms with Gasteiger partial charge in [0, 0.05) is 40.4 Å². The van der Waals surface area contributed by atoms with Crippen LogP contribution < -0.4 is 14.8 Å². The smallest absolute Gasteiger partial charge is 0.127 e. The fourth-order valence-electron chi connectivity index (χ4n) is 3.71. The summed E-state index contributed by atoms with van der Waals surface area (Å²) < 4.78 is 10.8. The van der Waals surface area contributed by atoms with Crippen LogP contribution in [0.5, 0.6) is 11.5 Å². The standard InChI is InChI=1S/C26H25ClN2O2/c1-17-8-11-21-22(12-17)25(16-29-24(21)13-18-6-4-5-7-23(18)27)28-15-19-9-10-20(30-2)14-26(19)31-3/h4-12,14,16,28H,13,15H2,1-3H3. The van der Waals surface area contributed by atoms with Crippen LogP contribution >= 0.6 is 11.6 Å². The average molecular weight is 433 g/mol. The summed E-state index contributed by atoms with van der Waals surface area (Å²) in [6, 6.07) is 20.2. The Kier molecular flexibility index (Phi) is 6.28. The third-order valence-electron chi connectivity index (χ3n) is 5.40. The van der Waals surface area contributed by atoms with Gasteiger partial charge in [-0.1, -0.05) is 47.5 Å². The second-order valence-corrected chi connectivity index (χ2v) is 7.87. The Morgan fingerprint density at radius 1 is 0.903 bits per heavy atom. The van der Waals surface area contributed by atoms with Crippen LogP contribution in [0.25, 0.3) is 10.8 Å². The third-order valence-corrected chi connectivity index (χ3v) is 5.77. The van der Waals surface area contributed by atoms with Crippen molar-refractivity contribution < 1.29 is 9.47 Å². The van der Waals surface area contributed by atoms with Crippen LogP contribution in [-0.4, -0.2) is 19.2 Å². The lowest BCUT2D eigenvalue weighted by Gasteiger charge is -2.15. The monoisotopic (exact) mass is 432 g/mol. The van der Waals surface area contributed by atoms with Crippen molar-refractivity contribution in [1.82, 2.24) is 4.98 Å². The molecule has 0 saturated carbocycles. The molecule has 0 aliphatic rings. The van der Waals surface area contributed by atoms with Crippen molar-refractivity contribution in [2.75, 3.05) is 19.5 Å². The number of rotatable bonds is 7. The van der Waals surface area contributed by atoms with Crippen LogP contribution in [0.3, 0.4) is 0 Å². The van der Waals surface area contributed by atoms with Crippen molar-refractivity contribution in [2.24, 2.45) is 0 Å². The largest absolute Gasteiger partial charge is 0.497 e. The Hall–Kier alpha value is -3.24. The molecular formula is C26H25ClN2O2. The molecule has 0 aliphatic carbocycles.